The highest BCUT2D eigenvalue weighted by atomic mass is 16.1. The Morgan fingerprint density at radius 1 is 1.38 bits per heavy atom. The molecule has 0 radical (unpaired) electrons. The van der Waals surface area contributed by atoms with E-state index in [4.69, 9.17) is 0 Å². The fourth-order valence-corrected chi connectivity index (χ4v) is 1.27. The lowest BCUT2D eigenvalue weighted by Gasteiger charge is -2.01. The Labute approximate surface area is 78.8 Å². The predicted octanol–water partition coefficient (Wildman–Crippen LogP) is 1.79. The van der Waals surface area contributed by atoms with E-state index in [1.54, 1.807) is 6.92 Å². The maximum atomic E-state index is 10.8. The van der Waals surface area contributed by atoms with E-state index < -0.39 is 0 Å². The first-order chi connectivity index (χ1) is 6.02. The first-order valence-electron chi connectivity index (χ1n) is 4.52. The first-order valence-corrected chi connectivity index (χ1v) is 4.52. The lowest BCUT2D eigenvalue weighted by molar-refractivity contribution is -0.117. The number of rotatable bonds is 3. The van der Waals surface area contributed by atoms with Gasteiger partial charge in [-0.2, -0.15) is 5.10 Å². The van der Waals surface area contributed by atoms with Crippen LogP contribution in [0.5, 0.6) is 0 Å². The van der Waals surface area contributed by atoms with E-state index in [1.807, 2.05) is 18.5 Å². The van der Waals surface area contributed by atoms with Gasteiger partial charge in [0, 0.05) is 18.7 Å². The van der Waals surface area contributed by atoms with E-state index in [1.165, 1.54) is 11.3 Å². The minimum atomic E-state index is 0.213. The minimum absolute atomic E-state index is 0.213. The summed E-state index contributed by atoms with van der Waals surface area (Å²) in [5, 5.41) is 4.35. The van der Waals surface area contributed by atoms with Gasteiger partial charge in [-0.15, -0.1) is 0 Å². The summed E-state index contributed by atoms with van der Waals surface area (Å²) in [4.78, 5) is 10.8. The van der Waals surface area contributed by atoms with Crippen molar-refractivity contribution in [1.82, 2.24) is 9.78 Å². The van der Waals surface area contributed by atoms with Crippen molar-refractivity contribution in [1.29, 1.82) is 0 Å². The summed E-state index contributed by atoms with van der Waals surface area (Å²) in [5.41, 5.74) is 3.45. The van der Waals surface area contributed by atoms with Crippen molar-refractivity contribution in [3.8, 4) is 0 Å². The van der Waals surface area contributed by atoms with Gasteiger partial charge in [-0.3, -0.25) is 9.48 Å². The van der Waals surface area contributed by atoms with Crippen LogP contribution in [0.15, 0.2) is 0 Å². The predicted molar refractivity (Wildman–Crippen MR) is 51.7 cm³/mol. The monoisotopic (exact) mass is 180 g/mol. The zero-order valence-corrected chi connectivity index (χ0v) is 8.72. The average Bonchev–Trinajstić information content (AvgIpc) is 2.29. The van der Waals surface area contributed by atoms with E-state index >= 15 is 0 Å². The third kappa shape index (κ3) is 2.17. The first kappa shape index (κ1) is 9.96. The van der Waals surface area contributed by atoms with Gasteiger partial charge in [0.25, 0.3) is 0 Å². The van der Waals surface area contributed by atoms with E-state index in [-0.39, 0.29) is 5.78 Å². The summed E-state index contributed by atoms with van der Waals surface area (Å²) >= 11 is 0. The zero-order valence-electron chi connectivity index (χ0n) is 8.72. The number of Topliss-reactive ketones (excluding diaryl/α,β-unsaturated/α-hetero) is 1. The van der Waals surface area contributed by atoms with Crippen LogP contribution in [-0.4, -0.2) is 15.6 Å². The van der Waals surface area contributed by atoms with Crippen LogP contribution in [0.25, 0.3) is 0 Å². The Morgan fingerprint density at radius 3 is 2.38 bits per heavy atom. The van der Waals surface area contributed by atoms with Gasteiger partial charge in [-0.25, -0.2) is 0 Å². The molecule has 0 saturated carbocycles. The molecule has 1 aromatic rings. The number of hydrogen-bond acceptors (Lipinski definition) is 2. The molecule has 3 heteroatoms. The molecule has 0 saturated heterocycles. The Balaban J connectivity index is 2.78. The zero-order chi connectivity index (χ0) is 10.0. The molecule has 0 bridgehead atoms. The van der Waals surface area contributed by atoms with Gasteiger partial charge >= 0.3 is 0 Å². The smallest absolute Gasteiger partial charge is 0.131 e. The molecule has 0 aliphatic heterocycles. The fourth-order valence-electron chi connectivity index (χ4n) is 1.27. The minimum Gasteiger partial charge on any atom is -0.300 e. The summed E-state index contributed by atoms with van der Waals surface area (Å²) in [6, 6.07) is 0. The molecule has 0 aromatic carbocycles. The largest absolute Gasteiger partial charge is 0.300 e. The lowest BCUT2D eigenvalue weighted by atomic mass is 10.2. The summed E-state index contributed by atoms with van der Waals surface area (Å²) in [6.07, 6.45) is 0.571. The molecular formula is C10H16N2O. The molecule has 0 unspecified atom stereocenters. The van der Waals surface area contributed by atoms with E-state index in [0.717, 1.165) is 5.69 Å². The summed E-state index contributed by atoms with van der Waals surface area (Å²) in [6.45, 7) is 8.40. The molecule has 0 aliphatic rings. The number of ketones is 1. The summed E-state index contributed by atoms with van der Waals surface area (Å²) in [7, 11) is 0. The highest BCUT2D eigenvalue weighted by molar-refractivity contribution is 5.75. The number of aryl methyl sites for hydroxylation is 2. The Kier molecular flexibility index (Phi) is 2.86. The third-order valence-corrected chi connectivity index (χ3v) is 2.42. The molecule has 0 aliphatic carbocycles. The van der Waals surface area contributed by atoms with E-state index in [2.05, 4.69) is 12.0 Å². The Morgan fingerprint density at radius 2 is 2.00 bits per heavy atom. The van der Waals surface area contributed by atoms with Crippen molar-refractivity contribution in [2.24, 2.45) is 0 Å². The van der Waals surface area contributed by atoms with Crippen molar-refractivity contribution >= 4 is 5.78 Å². The number of carbonyl (C=O) groups excluding carboxylic acids is 1. The number of hydrogen-bond donors (Lipinski definition) is 0. The molecule has 0 amide bonds. The van der Waals surface area contributed by atoms with Gasteiger partial charge in [0.2, 0.25) is 0 Å². The molecule has 72 valence electrons. The topological polar surface area (TPSA) is 34.9 Å². The third-order valence-electron chi connectivity index (χ3n) is 2.42. The second kappa shape index (κ2) is 3.73. The lowest BCUT2D eigenvalue weighted by Crippen LogP contribution is -2.06. The van der Waals surface area contributed by atoms with Crippen LogP contribution in [0.2, 0.25) is 0 Å². The van der Waals surface area contributed by atoms with Gasteiger partial charge in [0.15, 0.2) is 0 Å². The van der Waals surface area contributed by atoms with E-state index in [9.17, 15) is 4.79 Å². The number of aromatic nitrogens is 2. The van der Waals surface area contributed by atoms with Crippen LogP contribution >= 0.6 is 0 Å². The van der Waals surface area contributed by atoms with Crippen LogP contribution in [0.1, 0.15) is 30.3 Å². The Bertz CT molecular complexity index is 326. The maximum Gasteiger partial charge on any atom is 0.131 e. The maximum absolute atomic E-state index is 10.8. The normalized spacial score (nSPS) is 10.5. The second-order valence-corrected chi connectivity index (χ2v) is 3.47. The molecule has 0 atom stereocenters. The highest BCUT2D eigenvalue weighted by Crippen LogP contribution is 2.11. The second-order valence-electron chi connectivity index (χ2n) is 3.47. The van der Waals surface area contributed by atoms with Gasteiger partial charge in [0.05, 0.1) is 5.69 Å². The number of nitrogens with zero attached hydrogens (tertiary/aromatic N) is 2. The molecule has 0 fully saturated rings. The van der Waals surface area contributed by atoms with Crippen molar-refractivity contribution in [2.45, 2.75) is 40.7 Å². The van der Waals surface area contributed by atoms with Gasteiger partial charge in [-0.05, 0) is 33.3 Å². The Hall–Kier alpha value is -1.12. The van der Waals surface area contributed by atoms with Gasteiger partial charge in [0.1, 0.15) is 5.78 Å². The average molecular weight is 180 g/mol. The molecule has 1 heterocycles. The van der Waals surface area contributed by atoms with Gasteiger partial charge < -0.3 is 0 Å². The molecule has 1 rings (SSSR count). The van der Waals surface area contributed by atoms with Crippen molar-refractivity contribution < 1.29 is 4.79 Å². The highest BCUT2D eigenvalue weighted by Gasteiger charge is 2.06. The molecule has 3 nitrogen and oxygen atoms in total. The fraction of sp³-hybridized carbons (Fsp3) is 0.600. The molecule has 0 spiro atoms. The van der Waals surface area contributed by atoms with E-state index in [0.29, 0.717) is 13.0 Å². The molecular weight excluding hydrogens is 164 g/mol. The summed E-state index contributed by atoms with van der Waals surface area (Å²) < 4.78 is 1.91. The number of carbonyl (C=O) groups is 1. The molecule has 13 heavy (non-hydrogen) atoms. The van der Waals surface area contributed by atoms with Crippen LogP contribution in [0, 0.1) is 20.8 Å². The van der Waals surface area contributed by atoms with Crippen LogP contribution < -0.4 is 0 Å². The quantitative estimate of drug-likeness (QED) is 0.710. The summed E-state index contributed by atoms with van der Waals surface area (Å²) in [5.74, 6) is 0.213. The van der Waals surface area contributed by atoms with Crippen molar-refractivity contribution in [3.63, 3.8) is 0 Å². The standard InChI is InChI=1S/C10H16N2O/c1-7(13)5-6-12-10(4)8(2)9(3)11-12/h5-6H2,1-4H3. The van der Waals surface area contributed by atoms with Crippen LogP contribution in [0.4, 0.5) is 0 Å². The molecule has 0 N–H and O–H groups in total. The van der Waals surface area contributed by atoms with Crippen LogP contribution in [0.3, 0.4) is 0 Å². The van der Waals surface area contributed by atoms with Crippen LogP contribution in [-0.2, 0) is 11.3 Å². The van der Waals surface area contributed by atoms with Crippen molar-refractivity contribution in [2.75, 3.05) is 0 Å². The molecule has 1 aromatic heterocycles. The SMILES string of the molecule is CC(=O)CCn1nc(C)c(C)c1C. The van der Waals surface area contributed by atoms with Gasteiger partial charge in [-0.1, -0.05) is 0 Å². The van der Waals surface area contributed by atoms with Crippen molar-refractivity contribution in [3.05, 3.63) is 17.0 Å².